The molecule has 0 saturated heterocycles. The molecule has 0 bridgehead atoms. The highest BCUT2D eigenvalue weighted by molar-refractivity contribution is 5.95. The van der Waals surface area contributed by atoms with E-state index in [9.17, 15) is 9.59 Å². The van der Waals surface area contributed by atoms with Gasteiger partial charge in [-0.25, -0.2) is 9.59 Å². The summed E-state index contributed by atoms with van der Waals surface area (Å²) in [6.07, 6.45) is 1.17. The third-order valence-corrected chi connectivity index (χ3v) is 1.91. The van der Waals surface area contributed by atoms with Gasteiger partial charge in [0.15, 0.2) is 0 Å². The molecule has 0 spiro atoms. The number of hydrogen-bond acceptors (Lipinski definition) is 3. The second-order valence-electron chi connectivity index (χ2n) is 2.91. The second-order valence-corrected chi connectivity index (χ2v) is 2.91. The number of aromatic carboxylic acids is 1. The Kier molecular flexibility index (Phi) is 3.66. The van der Waals surface area contributed by atoms with Crippen molar-refractivity contribution in [2.45, 2.75) is 0 Å². The van der Waals surface area contributed by atoms with Crippen LogP contribution in [0.5, 0.6) is 0 Å². The Hall–Kier alpha value is -2.30. The first-order valence-electron chi connectivity index (χ1n) is 4.37. The van der Waals surface area contributed by atoms with Gasteiger partial charge in [0.2, 0.25) is 5.76 Å². The summed E-state index contributed by atoms with van der Waals surface area (Å²) >= 11 is 0. The van der Waals surface area contributed by atoms with E-state index in [0.717, 1.165) is 0 Å². The summed E-state index contributed by atoms with van der Waals surface area (Å²) in [6.45, 7) is 0. The zero-order valence-electron chi connectivity index (χ0n) is 8.51. The monoisotopic (exact) mass is 222 g/mol. The van der Waals surface area contributed by atoms with Crippen molar-refractivity contribution in [3.63, 3.8) is 0 Å². The molecule has 0 saturated carbocycles. The lowest BCUT2D eigenvalue weighted by atomic mass is 10.1. The van der Waals surface area contributed by atoms with Crippen LogP contribution in [0.1, 0.15) is 15.9 Å². The lowest BCUT2D eigenvalue weighted by Gasteiger charge is -2.03. The van der Waals surface area contributed by atoms with E-state index in [4.69, 9.17) is 10.2 Å². The maximum Gasteiger partial charge on any atom is 0.371 e. The lowest BCUT2D eigenvalue weighted by Crippen LogP contribution is -2.04. The van der Waals surface area contributed by atoms with Crippen LogP contribution in [0.25, 0.3) is 6.08 Å². The molecule has 0 radical (unpaired) electrons. The van der Waals surface area contributed by atoms with Crippen LogP contribution in [0.3, 0.4) is 0 Å². The van der Waals surface area contributed by atoms with Crippen molar-refractivity contribution in [2.75, 3.05) is 7.11 Å². The summed E-state index contributed by atoms with van der Waals surface area (Å²) in [4.78, 5) is 21.5. The van der Waals surface area contributed by atoms with Crippen LogP contribution in [-0.4, -0.2) is 29.3 Å². The van der Waals surface area contributed by atoms with Crippen LogP contribution in [-0.2, 0) is 9.53 Å². The molecule has 16 heavy (non-hydrogen) atoms. The van der Waals surface area contributed by atoms with Crippen molar-refractivity contribution in [3.8, 4) is 0 Å². The fourth-order valence-corrected chi connectivity index (χ4v) is 1.17. The number of carbonyl (C=O) groups is 2. The van der Waals surface area contributed by atoms with Crippen molar-refractivity contribution < 1.29 is 24.5 Å². The van der Waals surface area contributed by atoms with Crippen molar-refractivity contribution >= 4 is 18.0 Å². The molecule has 1 rings (SSSR count). The second kappa shape index (κ2) is 4.97. The molecular formula is C11H10O5. The van der Waals surface area contributed by atoms with Gasteiger partial charge < -0.3 is 14.9 Å². The van der Waals surface area contributed by atoms with Crippen molar-refractivity contribution in [1.82, 2.24) is 0 Å². The van der Waals surface area contributed by atoms with Gasteiger partial charge in [-0.2, -0.15) is 0 Å². The van der Waals surface area contributed by atoms with Crippen LogP contribution in [0.15, 0.2) is 30.0 Å². The summed E-state index contributed by atoms with van der Waals surface area (Å²) in [5, 5.41) is 17.6. The largest absolute Gasteiger partial charge is 0.490 e. The van der Waals surface area contributed by atoms with Gasteiger partial charge >= 0.3 is 11.9 Å². The van der Waals surface area contributed by atoms with Crippen LogP contribution < -0.4 is 0 Å². The SMILES string of the molecule is COC(=Cc1ccccc1C(=O)O)C(=O)O. The summed E-state index contributed by atoms with van der Waals surface area (Å²) in [7, 11) is 1.21. The number of carboxylic acid groups (broad SMARTS) is 2. The fraction of sp³-hybridized carbons (Fsp3) is 0.0909. The Morgan fingerprint density at radius 1 is 1.25 bits per heavy atom. The minimum Gasteiger partial charge on any atom is -0.490 e. The predicted octanol–water partition coefficient (Wildman–Crippen LogP) is 1.46. The van der Waals surface area contributed by atoms with E-state index in [0.29, 0.717) is 0 Å². The topological polar surface area (TPSA) is 83.8 Å². The molecule has 0 aliphatic carbocycles. The third kappa shape index (κ3) is 2.60. The van der Waals surface area contributed by atoms with E-state index in [2.05, 4.69) is 4.74 Å². The highest BCUT2D eigenvalue weighted by Gasteiger charge is 2.11. The molecule has 1 aromatic rings. The molecule has 0 aliphatic heterocycles. The molecule has 0 atom stereocenters. The molecule has 1 aromatic carbocycles. The normalized spacial score (nSPS) is 10.9. The summed E-state index contributed by atoms with van der Waals surface area (Å²) < 4.78 is 4.62. The van der Waals surface area contributed by atoms with E-state index in [1.54, 1.807) is 12.1 Å². The maximum absolute atomic E-state index is 10.8. The number of aliphatic carboxylic acids is 1. The summed E-state index contributed by atoms with van der Waals surface area (Å²) in [6, 6.07) is 6.08. The molecular weight excluding hydrogens is 212 g/mol. The Bertz CT molecular complexity index is 447. The number of carboxylic acids is 2. The van der Waals surface area contributed by atoms with Crippen LogP contribution in [0.4, 0.5) is 0 Å². The average Bonchev–Trinajstić information content (AvgIpc) is 2.25. The first kappa shape index (κ1) is 11.8. The van der Waals surface area contributed by atoms with E-state index in [1.807, 2.05) is 0 Å². The Morgan fingerprint density at radius 3 is 2.38 bits per heavy atom. The number of rotatable bonds is 4. The Balaban J connectivity index is 3.23. The third-order valence-electron chi connectivity index (χ3n) is 1.91. The molecule has 0 unspecified atom stereocenters. The molecule has 0 amide bonds. The highest BCUT2D eigenvalue weighted by atomic mass is 16.5. The lowest BCUT2D eigenvalue weighted by molar-refractivity contribution is -0.135. The Labute approximate surface area is 91.6 Å². The van der Waals surface area contributed by atoms with Crippen LogP contribution in [0.2, 0.25) is 0 Å². The van der Waals surface area contributed by atoms with Crippen molar-refractivity contribution in [2.24, 2.45) is 0 Å². The molecule has 0 fully saturated rings. The standard InChI is InChI=1S/C11H10O5/c1-16-9(11(14)15)6-7-4-2-3-5-8(7)10(12)13/h2-6H,1H3,(H,12,13)(H,14,15). The Morgan fingerprint density at radius 2 is 1.88 bits per heavy atom. The fourth-order valence-electron chi connectivity index (χ4n) is 1.17. The van der Waals surface area contributed by atoms with Gasteiger partial charge in [0, 0.05) is 0 Å². The van der Waals surface area contributed by atoms with Crippen LogP contribution >= 0.6 is 0 Å². The molecule has 5 heteroatoms. The molecule has 2 N–H and O–H groups in total. The number of benzene rings is 1. The highest BCUT2D eigenvalue weighted by Crippen LogP contribution is 2.13. The van der Waals surface area contributed by atoms with Gasteiger partial charge in [-0.15, -0.1) is 0 Å². The van der Waals surface area contributed by atoms with Gasteiger partial charge in [0.1, 0.15) is 0 Å². The van der Waals surface area contributed by atoms with E-state index in [1.165, 1.54) is 25.3 Å². The van der Waals surface area contributed by atoms with Gasteiger partial charge in [-0.3, -0.25) is 0 Å². The van der Waals surface area contributed by atoms with E-state index in [-0.39, 0.29) is 16.9 Å². The number of ether oxygens (including phenoxy) is 1. The van der Waals surface area contributed by atoms with E-state index < -0.39 is 11.9 Å². The molecule has 0 heterocycles. The number of methoxy groups -OCH3 is 1. The quantitative estimate of drug-likeness (QED) is 0.595. The predicted molar refractivity (Wildman–Crippen MR) is 56.0 cm³/mol. The first-order chi connectivity index (χ1) is 7.56. The zero-order valence-corrected chi connectivity index (χ0v) is 8.51. The van der Waals surface area contributed by atoms with Gasteiger partial charge in [0.25, 0.3) is 0 Å². The number of hydrogen-bond donors (Lipinski definition) is 2. The minimum atomic E-state index is -1.25. The molecule has 0 aliphatic rings. The first-order valence-corrected chi connectivity index (χ1v) is 4.37. The van der Waals surface area contributed by atoms with Gasteiger partial charge in [-0.05, 0) is 17.7 Å². The molecule has 84 valence electrons. The van der Waals surface area contributed by atoms with Crippen LogP contribution in [0, 0.1) is 0 Å². The van der Waals surface area contributed by atoms with Gasteiger partial charge in [-0.1, -0.05) is 18.2 Å². The molecule has 0 aromatic heterocycles. The zero-order chi connectivity index (χ0) is 12.1. The van der Waals surface area contributed by atoms with Gasteiger partial charge in [0.05, 0.1) is 12.7 Å². The summed E-state index contributed by atoms with van der Waals surface area (Å²) in [5.74, 6) is -2.68. The minimum absolute atomic E-state index is 0.0262. The van der Waals surface area contributed by atoms with Crippen molar-refractivity contribution in [1.29, 1.82) is 0 Å². The van der Waals surface area contributed by atoms with Crippen molar-refractivity contribution in [3.05, 3.63) is 41.2 Å². The summed E-state index contributed by atoms with van der Waals surface area (Å²) in [5.41, 5.74) is 0.313. The molecule has 5 nitrogen and oxygen atoms in total. The maximum atomic E-state index is 10.8. The smallest absolute Gasteiger partial charge is 0.371 e. The average molecular weight is 222 g/mol. The van der Waals surface area contributed by atoms with E-state index >= 15 is 0 Å².